The second-order valence-corrected chi connectivity index (χ2v) is 13.7. The molecule has 0 fully saturated rings. The first kappa shape index (κ1) is 29.6. The second-order valence-electron chi connectivity index (χ2n) is 13.7. The summed E-state index contributed by atoms with van der Waals surface area (Å²) in [7, 11) is 0. The Morgan fingerprint density at radius 1 is 0.415 bits per heavy atom. The molecular weight excluding hydrogens is 645 g/mol. The molecule has 0 atom stereocenters. The van der Waals surface area contributed by atoms with E-state index in [2.05, 4.69) is 204 Å². The molecule has 0 saturated heterocycles. The summed E-state index contributed by atoms with van der Waals surface area (Å²) in [4.78, 5) is 2.32. The zero-order chi connectivity index (χ0) is 34.9. The summed E-state index contributed by atoms with van der Waals surface area (Å²) in [5.74, 6) is 0. The molecule has 3 heteroatoms. The fraction of sp³-hybridized carbons (Fsp3) is 0. The maximum Gasteiger partial charge on any atom is 0.159 e. The van der Waals surface area contributed by atoms with E-state index in [0.717, 1.165) is 55.8 Å². The molecule has 0 aliphatic heterocycles. The largest absolute Gasteiger partial charge is 0.454 e. The van der Waals surface area contributed by atoms with E-state index in [0.29, 0.717) is 0 Å². The standard InChI is InChI=1S/C50H32N2O/c1-3-16-36(17-4-1)51(38-28-26-33-14-7-8-15-34(33)30-38)46-25-13-23-43-49-42-22-10-9-20-39(42)44(32-48(49)53-50(43)46)35-27-29-41-40-21-11-12-24-45(40)52(47(41)31-35)37-18-5-2-6-19-37/h1-32H. The number of hydrogen-bond acceptors (Lipinski definition) is 2. The van der Waals surface area contributed by atoms with Gasteiger partial charge in [-0.05, 0) is 93.3 Å². The molecule has 53 heavy (non-hydrogen) atoms. The lowest BCUT2D eigenvalue weighted by molar-refractivity contribution is 0.669. The molecule has 2 aromatic heterocycles. The van der Waals surface area contributed by atoms with Crippen molar-refractivity contribution < 1.29 is 4.42 Å². The molecule has 0 unspecified atom stereocenters. The van der Waals surface area contributed by atoms with E-state index >= 15 is 0 Å². The third-order valence-corrected chi connectivity index (χ3v) is 10.7. The number of rotatable bonds is 5. The summed E-state index contributed by atoms with van der Waals surface area (Å²) < 4.78 is 9.43. The Morgan fingerprint density at radius 3 is 1.94 bits per heavy atom. The third-order valence-electron chi connectivity index (χ3n) is 10.7. The van der Waals surface area contributed by atoms with Crippen LogP contribution < -0.4 is 4.90 Å². The molecule has 2 heterocycles. The predicted molar refractivity (Wildman–Crippen MR) is 223 cm³/mol. The van der Waals surface area contributed by atoms with Crippen LogP contribution >= 0.6 is 0 Å². The fourth-order valence-corrected chi connectivity index (χ4v) is 8.38. The van der Waals surface area contributed by atoms with Crippen LogP contribution in [0.15, 0.2) is 199 Å². The Balaban J connectivity index is 1.16. The highest BCUT2D eigenvalue weighted by Gasteiger charge is 2.22. The van der Waals surface area contributed by atoms with Crippen molar-refractivity contribution in [3.8, 4) is 16.8 Å². The predicted octanol–water partition coefficient (Wildman–Crippen LogP) is 14.1. The summed E-state index contributed by atoms with van der Waals surface area (Å²) in [6, 6.07) is 69.5. The lowest BCUT2D eigenvalue weighted by Crippen LogP contribution is -2.10. The van der Waals surface area contributed by atoms with Crippen molar-refractivity contribution in [2.24, 2.45) is 0 Å². The molecule has 0 aliphatic carbocycles. The van der Waals surface area contributed by atoms with Gasteiger partial charge in [0.1, 0.15) is 5.58 Å². The Labute approximate surface area is 306 Å². The molecule has 0 N–H and O–H groups in total. The molecule has 248 valence electrons. The van der Waals surface area contributed by atoms with Gasteiger partial charge in [-0.3, -0.25) is 0 Å². The van der Waals surface area contributed by atoms with Crippen LogP contribution in [0.25, 0.3) is 82.1 Å². The Bertz CT molecular complexity index is 3170. The number of aromatic nitrogens is 1. The van der Waals surface area contributed by atoms with Crippen LogP contribution in [-0.4, -0.2) is 4.57 Å². The van der Waals surface area contributed by atoms with Gasteiger partial charge < -0.3 is 13.9 Å². The average Bonchev–Trinajstić information content (AvgIpc) is 3.77. The van der Waals surface area contributed by atoms with Gasteiger partial charge in [0.2, 0.25) is 0 Å². The van der Waals surface area contributed by atoms with Gasteiger partial charge in [-0.1, -0.05) is 133 Å². The molecule has 0 saturated carbocycles. The lowest BCUT2D eigenvalue weighted by atomic mass is 9.94. The maximum atomic E-state index is 7.05. The number of para-hydroxylation sites is 4. The molecule has 9 aromatic carbocycles. The van der Waals surface area contributed by atoms with Gasteiger partial charge in [-0.15, -0.1) is 0 Å². The molecule has 3 nitrogen and oxygen atoms in total. The average molecular weight is 677 g/mol. The summed E-state index contributed by atoms with van der Waals surface area (Å²) in [6.07, 6.45) is 0. The number of furan rings is 1. The number of nitrogens with zero attached hydrogens (tertiary/aromatic N) is 2. The van der Waals surface area contributed by atoms with E-state index in [4.69, 9.17) is 4.42 Å². The molecule has 0 radical (unpaired) electrons. The highest BCUT2D eigenvalue weighted by molar-refractivity contribution is 6.24. The number of fused-ring (bicyclic) bond motifs is 9. The zero-order valence-corrected chi connectivity index (χ0v) is 28.8. The molecule has 0 spiro atoms. The number of anilines is 3. The molecule has 0 amide bonds. The first-order chi connectivity index (χ1) is 26.3. The smallest absolute Gasteiger partial charge is 0.159 e. The molecule has 0 aliphatic rings. The first-order valence-electron chi connectivity index (χ1n) is 18.1. The van der Waals surface area contributed by atoms with Crippen molar-refractivity contribution >= 4 is 82.4 Å². The van der Waals surface area contributed by atoms with Gasteiger partial charge >= 0.3 is 0 Å². The Kier molecular flexibility index (Phi) is 6.55. The van der Waals surface area contributed by atoms with E-state index < -0.39 is 0 Å². The van der Waals surface area contributed by atoms with Crippen molar-refractivity contribution in [1.82, 2.24) is 4.57 Å². The van der Waals surface area contributed by atoms with Crippen molar-refractivity contribution in [2.45, 2.75) is 0 Å². The van der Waals surface area contributed by atoms with Crippen LogP contribution in [0.4, 0.5) is 17.1 Å². The van der Waals surface area contributed by atoms with Gasteiger partial charge in [-0.2, -0.15) is 0 Å². The van der Waals surface area contributed by atoms with Gasteiger partial charge in [-0.25, -0.2) is 0 Å². The highest BCUT2D eigenvalue weighted by Crippen LogP contribution is 2.46. The van der Waals surface area contributed by atoms with Gasteiger partial charge in [0.15, 0.2) is 5.58 Å². The van der Waals surface area contributed by atoms with Gasteiger partial charge in [0.05, 0.1) is 16.7 Å². The monoisotopic (exact) mass is 676 g/mol. The SMILES string of the molecule is c1ccc(N(c2ccc3ccccc3c2)c2cccc3c2oc2cc(-c4ccc5c6ccccc6n(-c6ccccc6)c5c4)c4ccccc4c23)cc1. The lowest BCUT2D eigenvalue weighted by Gasteiger charge is -2.25. The van der Waals surface area contributed by atoms with E-state index in [1.165, 1.54) is 43.4 Å². The van der Waals surface area contributed by atoms with Crippen LogP contribution in [0.5, 0.6) is 0 Å². The summed E-state index contributed by atoms with van der Waals surface area (Å²) >= 11 is 0. The molecule has 11 rings (SSSR count). The molecular formula is C50H32N2O. The van der Waals surface area contributed by atoms with Crippen LogP contribution in [0, 0.1) is 0 Å². The Morgan fingerprint density at radius 2 is 1.09 bits per heavy atom. The van der Waals surface area contributed by atoms with E-state index in [9.17, 15) is 0 Å². The van der Waals surface area contributed by atoms with E-state index in [-0.39, 0.29) is 0 Å². The minimum atomic E-state index is 0.862. The van der Waals surface area contributed by atoms with Gasteiger partial charge in [0, 0.05) is 38.6 Å². The fourth-order valence-electron chi connectivity index (χ4n) is 8.38. The third kappa shape index (κ3) is 4.61. The normalized spacial score (nSPS) is 11.8. The van der Waals surface area contributed by atoms with E-state index in [1.807, 2.05) is 0 Å². The van der Waals surface area contributed by atoms with Crippen LogP contribution in [0.1, 0.15) is 0 Å². The van der Waals surface area contributed by atoms with Crippen LogP contribution in [0.2, 0.25) is 0 Å². The minimum absolute atomic E-state index is 0.862. The topological polar surface area (TPSA) is 21.3 Å². The minimum Gasteiger partial charge on any atom is -0.454 e. The highest BCUT2D eigenvalue weighted by atomic mass is 16.3. The van der Waals surface area contributed by atoms with Crippen LogP contribution in [-0.2, 0) is 0 Å². The van der Waals surface area contributed by atoms with Crippen molar-refractivity contribution in [1.29, 1.82) is 0 Å². The number of benzene rings is 9. The summed E-state index contributed by atoms with van der Waals surface area (Å²) in [5, 5.41) is 9.50. The molecule has 11 aromatic rings. The van der Waals surface area contributed by atoms with Crippen molar-refractivity contribution in [3.05, 3.63) is 194 Å². The van der Waals surface area contributed by atoms with Crippen molar-refractivity contribution in [3.63, 3.8) is 0 Å². The van der Waals surface area contributed by atoms with Gasteiger partial charge in [0.25, 0.3) is 0 Å². The zero-order valence-electron chi connectivity index (χ0n) is 28.8. The summed E-state index contributed by atoms with van der Waals surface area (Å²) in [6.45, 7) is 0. The quantitative estimate of drug-likeness (QED) is 0.181. The second kappa shape index (κ2) is 11.7. The Hall–Kier alpha value is -7.10. The number of hydrogen-bond donors (Lipinski definition) is 0. The van der Waals surface area contributed by atoms with Crippen LogP contribution in [0.3, 0.4) is 0 Å². The van der Waals surface area contributed by atoms with Crippen molar-refractivity contribution in [2.75, 3.05) is 4.90 Å². The maximum absolute atomic E-state index is 7.05. The molecule has 0 bridgehead atoms. The first-order valence-corrected chi connectivity index (χ1v) is 18.1. The van der Waals surface area contributed by atoms with E-state index in [1.54, 1.807) is 0 Å². The summed E-state index contributed by atoms with van der Waals surface area (Å²) in [5.41, 5.74) is 10.7.